The minimum Gasteiger partial charge on any atom is -0.480 e. The van der Waals surface area contributed by atoms with Crippen LogP contribution >= 0.6 is 0 Å². The summed E-state index contributed by atoms with van der Waals surface area (Å²) in [6, 6.07) is -2.03. The molecule has 3 N–H and O–H groups in total. The van der Waals surface area contributed by atoms with Crippen molar-refractivity contribution in [1.29, 1.82) is 0 Å². The van der Waals surface area contributed by atoms with Gasteiger partial charge in [-0.05, 0) is 6.92 Å². The van der Waals surface area contributed by atoms with Crippen LogP contribution in [0.2, 0.25) is 0 Å². The molecule has 94 valence electrons. The van der Waals surface area contributed by atoms with Crippen molar-refractivity contribution in [2.75, 3.05) is 27.4 Å². The third-order valence-electron chi connectivity index (χ3n) is 2.17. The molecule has 16 heavy (non-hydrogen) atoms. The van der Waals surface area contributed by atoms with Crippen molar-refractivity contribution in [3.8, 4) is 0 Å². The molecule has 0 rings (SSSR count). The number of aliphatic hydroxyl groups is 1. The molecule has 1 unspecified atom stereocenters. The second kappa shape index (κ2) is 7.02. The smallest absolute Gasteiger partial charge is 0.328 e. The molecule has 0 bridgehead atoms. The van der Waals surface area contributed by atoms with E-state index in [0.717, 1.165) is 0 Å². The lowest BCUT2D eigenvalue weighted by atomic mass is 10.3. The van der Waals surface area contributed by atoms with E-state index in [0.29, 0.717) is 6.61 Å². The van der Waals surface area contributed by atoms with Crippen LogP contribution in [0, 0.1) is 0 Å². The van der Waals surface area contributed by atoms with Crippen molar-refractivity contribution in [2.24, 2.45) is 0 Å². The fourth-order valence-electron chi connectivity index (χ4n) is 0.990. The molecule has 0 aliphatic carbocycles. The van der Waals surface area contributed by atoms with Crippen LogP contribution in [-0.4, -0.2) is 66.6 Å². The SMILES string of the molecule is COCC(C)N(C)C(=O)N[C@@H](CO)C(=O)O. The lowest BCUT2D eigenvalue weighted by molar-refractivity contribution is -0.140. The van der Waals surface area contributed by atoms with Crippen molar-refractivity contribution < 1.29 is 24.5 Å². The number of hydrogen-bond acceptors (Lipinski definition) is 4. The molecule has 0 saturated carbocycles. The maximum atomic E-state index is 11.5. The number of carbonyl (C=O) groups is 2. The summed E-state index contributed by atoms with van der Waals surface area (Å²) >= 11 is 0. The second-order valence-electron chi connectivity index (χ2n) is 3.44. The van der Waals surface area contributed by atoms with E-state index in [9.17, 15) is 9.59 Å². The molecule has 2 amide bonds. The molecule has 7 heteroatoms. The topological polar surface area (TPSA) is 99.1 Å². The van der Waals surface area contributed by atoms with Gasteiger partial charge in [-0.1, -0.05) is 0 Å². The number of aliphatic carboxylic acids is 1. The summed E-state index contributed by atoms with van der Waals surface area (Å²) in [6.07, 6.45) is 0. The summed E-state index contributed by atoms with van der Waals surface area (Å²) in [7, 11) is 3.03. The van der Waals surface area contributed by atoms with Crippen molar-refractivity contribution in [3.63, 3.8) is 0 Å². The van der Waals surface area contributed by atoms with Crippen LogP contribution in [0.5, 0.6) is 0 Å². The number of ether oxygens (including phenoxy) is 1. The number of rotatable bonds is 6. The van der Waals surface area contributed by atoms with E-state index >= 15 is 0 Å². The van der Waals surface area contributed by atoms with Crippen molar-refractivity contribution in [1.82, 2.24) is 10.2 Å². The van der Waals surface area contributed by atoms with Gasteiger partial charge in [-0.2, -0.15) is 0 Å². The Hall–Kier alpha value is -1.34. The molecule has 0 radical (unpaired) electrons. The first-order valence-corrected chi connectivity index (χ1v) is 4.80. The number of likely N-dealkylation sites (N-methyl/N-ethyl adjacent to an activating group) is 1. The van der Waals surface area contributed by atoms with Gasteiger partial charge in [0.05, 0.1) is 19.3 Å². The van der Waals surface area contributed by atoms with Gasteiger partial charge in [0.15, 0.2) is 6.04 Å². The Morgan fingerprint density at radius 1 is 1.50 bits per heavy atom. The van der Waals surface area contributed by atoms with E-state index in [4.69, 9.17) is 14.9 Å². The van der Waals surface area contributed by atoms with Crippen LogP contribution in [0.4, 0.5) is 4.79 Å². The first kappa shape index (κ1) is 14.7. The summed E-state index contributed by atoms with van der Waals surface area (Å²) in [6.45, 7) is 1.46. The highest BCUT2D eigenvalue weighted by atomic mass is 16.5. The average molecular weight is 234 g/mol. The fraction of sp³-hybridized carbons (Fsp3) is 0.778. The summed E-state index contributed by atoms with van der Waals surface area (Å²) in [5.74, 6) is -1.27. The van der Waals surface area contributed by atoms with E-state index in [1.807, 2.05) is 0 Å². The molecule has 0 aliphatic heterocycles. The van der Waals surface area contributed by atoms with Gasteiger partial charge in [0.25, 0.3) is 0 Å². The normalized spacial score (nSPS) is 14.0. The highest BCUT2D eigenvalue weighted by Gasteiger charge is 2.22. The van der Waals surface area contributed by atoms with Crippen molar-refractivity contribution >= 4 is 12.0 Å². The standard InChI is InChI=1S/C9H18N2O5/c1-6(5-16-3)11(2)9(15)10-7(4-12)8(13)14/h6-7,12H,4-5H2,1-3H3,(H,10,15)(H,13,14)/t6?,7-/m0/s1. The highest BCUT2D eigenvalue weighted by Crippen LogP contribution is 1.97. The lowest BCUT2D eigenvalue weighted by Gasteiger charge is -2.25. The van der Waals surface area contributed by atoms with E-state index in [2.05, 4.69) is 5.32 Å². The zero-order valence-electron chi connectivity index (χ0n) is 9.64. The molecule has 7 nitrogen and oxygen atoms in total. The maximum Gasteiger partial charge on any atom is 0.328 e. The molecule has 0 heterocycles. The largest absolute Gasteiger partial charge is 0.480 e. The molecule has 0 aromatic rings. The first-order valence-electron chi connectivity index (χ1n) is 4.80. The van der Waals surface area contributed by atoms with E-state index in [1.54, 1.807) is 6.92 Å². The summed E-state index contributed by atoms with van der Waals surface area (Å²) in [4.78, 5) is 23.4. The molecular formula is C9H18N2O5. The molecule has 0 aliphatic rings. The Kier molecular flexibility index (Phi) is 6.43. The van der Waals surface area contributed by atoms with Crippen LogP contribution < -0.4 is 5.32 Å². The molecule has 0 saturated heterocycles. The number of urea groups is 1. The first-order chi connectivity index (χ1) is 7.43. The molecule has 2 atom stereocenters. The molecule has 0 spiro atoms. The predicted molar refractivity (Wildman–Crippen MR) is 56.1 cm³/mol. The van der Waals surface area contributed by atoms with E-state index < -0.39 is 24.6 Å². The Bertz CT molecular complexity index is 246. The molecule has 0 aromatic heterocycles. The van der Waals surface area contributed by atoms with Crippen LogP contribution in [0.3, 0.4) is 0 Å². The third-order valence-corrected chi connectivity index (χ3v) is 2.17. The minimum absolute atomic E-state index is 0.182. The third kappa shape index (κ3) is 4.45. The fourth-order valence-corrected chi connectivity index (χ4v) is 0.990. The zero-order valence-corrected chi connectivity index (χ0v) is 9.64. The maximum absolute atomic E-state index is 11.5. The number of hydrogen-bond donors (Lipinski definition) is 3. The van der Waals surface area contributed by atoms with E-state index in [1.165, 1.54) is 19.1 Å². The number of carbonyl (C=O) groups excluding carboxylic acids is 1. The molecular weight excluding hydrogens is 216 g/mol. The van der Waals surface area contributed by atoms with Gasteiger partial charge in [-0.3, -0.25) is 0 Å². The Balaban J connectivity index is 4.28. The van der Waals surface area contributed by atoms with Gasteiger partial charge in [-0.25, -0.2) is 9.59 Å². The Morgan fingerprint density at radius 2 is 2.06 bits per heavy atom. The number of nitrogens with one attached hydrogen (secondary N) is 1. The summed E-state index contributed by atoms with van der Waals surface area (Å²) < 4.78 is 4.87. The van der Waals surface area contributed by atoms with E-state index in [-0.39, 0.29) is 6.04 Å². The monoisotopic (exact) mass is 234 g/mol. The van der Waals surface area contributed by atoms with Crippen LogP contribution in [-0.2, 0) is 9.53 Å². The van der Waals surface area contributed by atoms with Crippen molar-refractivity contribution in [3.05, 3.63) is 0 Å². The molecule has 0 fully saturated rings. The number of methoxy groups -OCH3 is 1. The minimum atomic E-state index is -1.29. The summed E-state index contributed by atoms with van der Waals surface area (Å²) in [5.41, 5.74) is 0. The number of carboxylic acids is 1. The van der Waals surface area contributed by atoms with Gasteiger partial charge in [0.2, 0.25) is 0 Å². The summed E-state index contributed by atoms with van der Waals surface area (Å²) in [5, 5.41) is 19.5. The van der Waals surface area contributed by atoms with Gasteiger partial charge in [0, 0.05) is 14.2 Å². The zero-order chi connectivity index (χ0) is 12.7. The number of carboxylic acid groups (broad SMARTS) is 1. The van der Waals surface area contributed by atoms with Gasteiger partial charge >= 0.3 is 12.0 Å². The van der Waals surface area contributed by atoms with Gasteiger partial charge in [-0.15, -0.1) is 0 Å². The number of aliphatic hydroxyl groups excluding tert-OH is 1. The van der Waals surface area contributed by atoms with Crippen LogP contribution in [0.25, 0.3) is 0 Å². The number of nitrogens with zero attached hydrogens (tertiary/aromatic N) is 1. The molecule has 0 aromatic carbocycles. The predicted octanol–water partition coefficient (Wildman–Crippen LogP) is -0.892. The number of amides is 2. The Morgan fingerprint density at radius 3 is 2.44 bits per heavy atom. The Labute approximate surface area is 94.0 Å². The average Bonchev–Trinajstić information content (AvgIpc) is 2.24. The van der Waals surface area contributed by atoms with Crippen LogP contribution in [0.15, 0.2) is 0 Å². The van der Waals surface area contributed by atoms with Gasteiger partial charge in [0.1, 0.15) is 0 Å². The quantitative estimate of drug-likeness (QED) is 0.553. The second-order valence-corrected chi connectivity index (χ2v) is 3.44. The van der Waals surface area contributed by atoms with Crippen molar-refractivity contribution in [2.45, 2.75) is 19.0 Å². The lowest BCUT2D eigenvalue weighted by Crippen LogP contribution is -2.51. The highest BCUT2D eigenvalue weighted by molar-refractivity contribution is 5.82. The van der Waals surface area contributed by atoms with Crippen LogP contribution in [0.1, 0.15) is 6.92 Å². The van der Waals surface area contributed by atoms with Gasteiger partial charge < -0.3 is 25.2 Å².